The van der Waals surface area contributed by atoms with E-state index in [1.54, 1.807) is 37.4 Å². The van der Waals surface area contributed by atoms with Crippen LogP contribution in [-0.4, -0.2) is 38.6 Å². The van der Waals surface area contributed by atoms with Gasteiger partial charge in [-0.25, -0.2) is 8.96 Å². The third-order valence-electron chi connectivity index (χ3n) is 5.11. The molecule has 0 fully saturated rings. The van der Waals surface area contributed by atoms with Crippen molar-refractivity contribution in [2.75, 3.05) is 19.5 Å². The molecule has 0 atom stereocenters. The summed E-state index contributed by atoms with van der Waals surface area (Å²) in [6.07, 6.45) is 0. The molecule has 0 aliphatic heterocycles. The first-order chi connectivity index (χ1) is 16.2. The fourth-order valence-corrected chi connectivity index (χ4v) is 4.36. The highest BCUT2D eigenvalue weighted by atomic mass is 32.2. The SMILES string of the molecule is COc1cccc(-n2c(=O)c3ccccc3n3c(SCCOc4ccccc4F)nnc23)c1. The van der Waals surface area contributed by atoms with Crippen LogP contribution in [0.5, 0.6) is 11.5 Å². The number of para-hydroxylation sites is 2. The van der Waals surface area contributed by atoms with E-state index >= 15 is 0 Å². The third kappa shape index (κ3) is 3.91. The van der Waals surface area contributed by atoms with Crippen LogP contribution < -0.4 is 15.0 Å². The second kappa shape index (κ2) is 8.95. The lowest BCUT2D eigenvalue weighted by Crippen LogP contribution is -2.21. The van der Waals surface area contributed by atoms with Crippen molar-refractivity contribution in [1.82, 2.24) is 19.2 Å². The van der Waals surface area contributed by atoms with E-state index in [1.807, 2.05) is 40.8 Å². The molecular weight excluding hydrogens is 443 g/mol. The Kier molecular flexibility index (Phi) is 5.70. The van der Waals surface area contributed by atoms with Crippen molar-refractivity contribution in [3.05, 3.63) is 89.0 Å². The molecule has 0 N–H and O–H groups in total. The normalized spacial score (nSPS) is 11.2. The Morgan fingerprint density at radius 3 is 2.67 bits per heavy atom. The topological polar surface area (TPSA) is 70.7 Å². The lowest BCUT2D eigenvalue weighted by atomic mass is 10.2. The molecule has 0 saturated heterocycles. The Balaban J connectivity index is 1.54. The Labute approximate surface area is 192 Å². The number of hydrogen-bond donors (Lipinski definition) is 0. The van der Waals surface area contributed by atoms with E-state index in [0.717, 1.165) is 0 Å². The smallest absolute Gasteiger partial charge is 0.267 e. The van der Waals surface area contributed by atoms with Crippen LogP contribution in [0.2, 0.25) is 0 Å². The molecule has 0 radical (unpaired) electrons. The fourth-order valence-electron chi connectivity index (χ4n) is 3.60. The van der Waals surface area contributed by atoms with Crippen LogP contribution in [0.1, 0.15) is 0 Å². The molecule has 5 rings (SSSR count). The minimum Gasteiger partial charge on any atom is -0.497 e. The molecule has 0 unspecified atom stereocenters. The molecule has 0 amide bonds. The van der Waals surface area contributed by atoms with Gasteiger partial charge in [-0.15, -0.1) is 10.2 Å². The van der Waals surface area contributed by atoms with Crippen molar-refractivity contribution < 1.29 is 13.9 Å². The predicted molar refractivity (Wildman–Crippen MR) is 125 cm³/mol. The molecule has 166 valence electrons. The van der Waals surface area contributed by atoms with Gasteiger partial charge in [0.05, 0.1) is 30.3 Å². The highest BCUT2D eigenvalue weighted by Crippen LogP contribution is 2.25. The van der Waals surface area contributed by atoms with Crippen molar-refractivity contribution in [3.63, 3.8) is 0 Å². The summed E-state index contributed by atoms with van der Waals surface area (Å²) in [5.41, 5.74) is 1.14. The average molecular weight is 463 g/mol. The van der Waals surface area contributed by atoms with Crippen LogP contribution in [0.25, 0.3) is 22.4 Å². The maximum atomic E-state index is 13.8. The first kappa shape index (κ1) is 21.0. The highest BCUT2D eigenvalue weighted by molar-refractivity contribution is 7.99. The summed E-state index contributed by atoms with van der Waals surface area (Å²) in [6, 6.07) is 20.9. The Hall–Kier alpha value is -3.85. The van der Waals surface area contributed by atoms with Gasteiger partial charge < -0.3 is 9.47 Å². The average Bonchev–Trinajstić information content (AvgIpc) is 3.27. The molecule has 0 spiro atoms. The Morgan fingerprint density at radius 1 is 1.00 bits per heavy atom. The van der Waals surface area contributed by atoms with Crippen molar-refractivity contribution in [3.8, 4) is 17.2 Å². The van der Waals surface area contributed by atoms with Crippen LogP contribution in [0, 0.1) is 5.82 Å². The summed E-state index contributed by atoms with van der Waals surface area (Å²) in [5, 5.41) is 9.80. The standard InChI is InChI=1S/C24H19FN4O3S/c1-31-17-8-6-7-16(15-17)28-22(30)18-9-2-4-11-20(18)29-23(28)26-27-24(29)33-14-13-32-21-12-5-3-10-19(21)25/h2-12,15H,13-14H2,1H3. The quantitative estimate of drug-likeness (QED) is 0.265. The number of benzene rings is 3. The molecule has 0 bridgehead atoms. The number of thioether (sulfide) groups is 1. The largest absolute Gasteiger partial charge is 0.497 e. The van der Waals surface area contributed by atoms with E-state index in [2.05, 4.69) is 10.2 Å². The minimum absolute atomic E-state index is 0.196. The van der Waals surface area contributed by atoms with Crippen molar-refractivity contribution >= 4 is 28.4 Å². The first-order valence-electron chi connectivity index (χ1n) is 10.2. The molecule has 5 aromatic rings. The zero-order valence-electron chi connectivity index (χ0n) is 17.6. The lowest BCUT2D eigenvalue weighted by molar-refractivity contribution is 0.325. The summed E-state index contributed by atoms with van der Waals surface area (Å²) >= 11 is 1.42. The van der Waals surface area contributed by atoms with E-state index in [0.29, 0.717) is 39.0 Å². The summed E-state index contributed by atoms with van der Waals surface area (Å²) in [7, 11) is 1.58. The molecule has 0 aliphatic carbocycles. The zero-order valence-corrected chi connectivity index (χ0v) is 18.5. The van der Waals surface area contributed by atoms with Crippen LogP contribution in [-0.2, 0) is 0 Å². The summed E-state index contributed by atoms with van der Waals surface area (Å²) in [4.78, 5) is 13.4. The van der Waals surface area contributed by atoms with Crippen LogP contribution in [0.4, 0.5) is 4.39 Å². The summed E-state index contributed by atoms with van der Waals surface area (Å²) in [5.74, 6) is 1.35. The molecule has 9 heteroatoms. The van der Waals surface area contributed by atoms with Gasteiger partial charge in [-0.1, -0.05) is 42.1 Å². The number of ether oxygens (including phenoxy) is 2. The number of halogens is 1. The zero-order chi connectivity index (χ0) is 22.8. The van der Waals surface area contributed by atoms with Gasteiger partial charge in [0.2, 0.25) is 5.78 Å². The molecule has 0 saturated carbocycles. The molecular formula is C24H19FN4O3S. The van der Waals surface area contributed by atoms with E-state index in [9.17, 15) is 9.18 Å². The van der Waals surface area contributed by atoms with Crippen molar-refractivity contribution in [2.45, 2.75) is 5.16 Å². The van der Waals surface area contributed by atoms with Gasteiger partial charge in [-0.2, -0.15) is 0 Å². The predicted octanol–water partition coefficient (Wildman–Crippen LogP) is 4.35. The summed E-state index contributed by atoms with van der Waals surface area (Å²) < 4.78 is 28.0. The first-order valence-corrected chi connectivity index (χ1v) is 11.2. The van der Waals surface area contributed by atoms with E-state index in [-0.39, 0.29) is 17.9 Å². The number of nitrogens with zero attached hydrogens (tertiary/aromatic N) is 4. The molecule has 33 heavy (non-hydrogen) atoms. The lowest BCUT2D eigenvalue weighted by Gasteiger charge is -2.12. The Morgan fingerprint density at radius 2 is 1.82 bits per heavy atom. The molecule has 2 heterocycles. The van der Waals surface area contributed by atoms with Gasteiger partial charge in [0.15, 0.2) is 16.7 Å². The molecule has 0 aliphatic rings. The third-order valence-corrected chi connectivity index (χ3v) is 6.01. The maximum Gasteiger partial charge on any atom is 0.267 e. The van der Waals surface area contributed by atoms with E-state index < -0.39 is 5.82 Å². The minimum atomic E-state index is -0.399. The van der Waals surface area contributed by atoms with Crippen LogP contribution in [0.15, 0.2) is 82.7 Å². The second-order valence-corrected chi connectivity index (χ2v) is 8.17. The van der Waals surface area contributed by atoms with Gasteiger partial charge in [-0.05, 0) is 36.4 Å². The number of rotatable bonds is 7. The second-order valence-electron chi connectivity index (χ2n) is 7.10. The molecule has 2 aromatic heterocycles. The molecule has 7 nitrogen and oxygen atoms in total. The van der Waals surface area contributed by atoms with E-state index in [1.165, 1.54) is 22.4 Å². The van der Waals surface area contributed by atoms with Gasteiger partial charge in [0.25, 0.3) is 5.56 Å². The molecule has 3 aromatic carbocycles. The highest BCUT2D eigenvalue weighted by Gasteiger charge is 2.18. The van der Waals surface area contributed by atoms with Gasteiger partial charge in [0.1, 0.15) is 5.75 Å². The monoisotopic (exact) mass is 462 g/mol. The van der Waals surface area contributed by atoms with Crippen LogP contribution >= 0.6 is 11.8 Å². The van der Waals surface area contributed by atoms with Crippen molar-refractivity contribution in [2.24, 2.45) is 0 Å². The number of aromatic nitrogens is 4. The number of hydrogen-bond acceptors (Lipinski definition) is 6. The fraction of sp³-hybridized carbons (Fsp3) is 0.125. The van der Waals surface area contributed by atoms with Crippen molar-refractivity contribution in [1.29, 1.82) is 0 Å². The van der Waals surface area contributed by atoms with Gasteiger partial charge in [-0.3, -0.25) is 9.20 Å². The van der Waals surface area contributed by atoms with Gasteiger partial charge in [0, 0.05) is 11.8 Å². The van der Waals surface area contributed by atoms with Gasteiger partial charge >= 0.3 is 0 Å². The van der Waals surface area contributed by atoms with Crippen LogP contribution in [0.3, 0.4) is 0 Å². The number of fused-ring (bicyclic) bond motifs is 3. The Bertz CT molecular complexity index is 1520. The number of methoxy groups -OCH3 is 1. The van der Waals surface area contributed by atoms with E-state index in [4.69, 9.17) is 9.47 Å². The summed E-state index contributed by atoms with van der Waals surface area (Å²) in [6.45, 7) is 0.286. The maximum absolute atomic E-state index is 13.8.